The molecular weight excluding hydrogens is 230 g/mol. The van der Waals surface area contributed by atoms with Gasteiger partial charge >= 0.3 is 0 Å². The summed E-state index contributed by atoms with van der Waals surface area (Å²) in [7, 11) is 1.79. The lowest BCUT2D eigenvalue weighted by Crippen LogP contribution is -2.24. The normalized spacial score (nSPS) is 11.3. The van der Waals surface area contributed by atoms with Gasteiger partial charge in [-0.05, 0) is 18.3 Å². The Bertz CT molecular complexity index is 381. The van der Waals surface area contributed by atoms with Gasteiger partial charge in [0.1, 0.15) is 11.6 Å². The van der Waals surface area contributed by atoms with Crippen molar-refractivity contribution in [1.82, 2.24) is 9.97 Å². The molecule has 0 spiro atoms. The summed E-state index contributed by atoms with van der Waals surface area (Å²) in [5.74, 6) is 1.65. The van der Waals surface area contributed by atoms with Crippen molar-refractivity contribution < 1.29 is 5.11 Å². The summed E-state index contributed by atoms with van der Waals surface area (Å²) in [6.45, 7) is 5.30. The fourth-order valence-corrected chi connectivity index (χ4v) is 1.66. The topological polar surface area (TPSA) is 96.1 Å². The molecule has 0 aliphatic heterocycles. The minimum absolute atomic E-state index is 0.0995. The highest BCUT2D eigenvalue weighted by Crippen LogP contribution is 2.23. The molecule has 0 aliphatic carbocycles. The van der Waals surface area contributed by atoms with Crippen molar-refractivity contribution in [3.8, 4) is 0 Å². The zero-order valence-electron chi connectivity index (χ0n) is 11.3. The van der Waals surface area contributed by atoms with E-state index in [1.165, 1.54) is 0 Å². The predicted octanol–water partition coefficient (Wildman–Crippen LogP) is 1.31. The quantitative estimate of drug-likeness (QED) is 0.585. The number of rotatable bonds is 7. The summed E-state index contributed by atoms with van der Waals surface area (Å²) in [6.07, 6.45) is 1.76. The van der Waals surface area contributed by atoms with Crippen molar-refractivity contribution >= 4 is 17.6 Å². The van der Waals surface area contributed by atoms with Crippen molar-refractivity contribution in [1.29, 1.82) is 0 Å². The van der Waals surface area contributed by atoms with Gasteiger partial charge in [-0.3, -0.25) is 0 Å². The number of hydrogen-bond acceptors (Lipinski definition) is 6. The van der Waals surface area contributed by atoms with E-state index in [1.807, 2.05) is 6.07 Å². The van der Waals surface area contributed by atoms with Crippen LogP contribution in [0.2, 0.25) is 0 Å². The van der Waals surface area contributed by atoms with Crippen LogP contribution in [-0.4, -0.2) is 35.3 Å². The molecule has 1 aromatic heterocycles. The van der Waals surface area contributed by atoms with Crippen LogP contribution in [0.1, 0.15) is 26.7 Å². The zero-order chi connectivity index (χ0) is 13.6. The molecule has 18 heavy (non-hydrogen) atoms. The monoisotopic (exact) mass is 253 g/mol. The minimum atomic E-state index is 0.0995. The van der Waals surface area contributed by atoms with Gasteiger partial charge in [0, 0.05) is 26.3 Å². The second-order valence-corrected chi connectivity index (χ2v) is 5.09. The second kappa shape index (κ2) is 6.39. The maximum Gasteiger partial charge on any atom is 0.223 e. The van der Waals surface area contributed by atoms with E-state index in [9.17, 15) is 0 Å². The Kier molecular flexibility index (Phi) is 5.15. The summed E-state index contributed by atoms with van der Waals surface area (Å²) in [5, 5.41) is 15.0. The average molecular weight is 253 g/mol. The molecule has 0 radical (unpaired) electrons. The number of anilines is 3. The first-order chi connectivity index (χ1) is 8.46. The van der Waals surface area contributed by atoms with E-state index in [0.29, 0.717) is 11.6 Å². The summed E-state index contributed by atoms with van der Waals surface area (Å²) < 4.78 is 0. The van der Waals surface area contributed by atoms with Crippen LogP contribution < -0.4 is 16.4 Å². The molecule has 0 saturated carbocycles. The van der Waals surface area contributed by atoms with Crippen molar-refractivity contribution in [2.75, 3.05) is 36.6 Å². The predicted molar refractivity (Wildman–Crippen MR) is 74.6 cm³/mol. The fourth-order valence-electron chi connectivity index (χ4n) is 1.66. The van der Waals surface area contributed by atoms with Gasteiger partial charge < -0.3 is 21.5 Å². The molecule has 0 aromatic carbocycles. The molecule has 102 valence electrons. The largest absolute Gasteiger partial charge is 0.396 e. The molecular formula is C12H23N5O. The van der Waals surface area contributed by atoms with Crippen molar-refractivity contribution in [3.05, 3.63) is 6.07 Å². The molecule has 0 saturated heterocycles. The van der Waals surface area contributed by atoms with Crippen LogP contribution in [0.4, 0.5) is 17.6 Å². The van der Waals surface area contributed by atoms with Crippen LogP contribution in [0.25, 0.3) is 0 Å². The maximum atomic E-state index is 8.85. The first kappa shape index (κ1) is 14.5. The standard InChI is InChI=1S/C12H23N5O/c1-12(2,5-4-6-18)8-15-10-7-9(14-3)16-11(13)17-10/h7,18H,4-6,8H2,1-3H3,(H4,13,14,15,16,17). The molecule has 0 fully saturated rings. The van der Waals surface area contributed by atoms with E-state index in [1.54, 1.807) is 7.05 Å². The molecule has 6 nitrogen and oxygen atoms in total. The molecule has 0 unspecified atom stereocenters. The lowest BCUT2D eigenvalue weighted by Gasteiger charge is -2.25. The summed E-state index contributed by atoms with van der Waals surface area (Å²) in [6, 6.07) is 1.82. The van der Waals surface area contributed by atoms with Gasteiger partial charge in [0.15, 0.2) is 0 Å². The van der Waals surface area contributed by atoms with Crippen LogP contribution in [0, 0.1) is 5.41 Å². The Morgan fingerprint density at radius 1 is 1.33 bits per heavy atom. The van der Waals surface area contributed by atoms with Crippen molar-refractivity contribution in [2.24, 2.45) is 5.41 Å². The van der Waals surface area contributed by atoms with Crippen LogP contribution in [0.3, 0.4) is 0 Å². The highest BCUT2D eigenvalue weighted by molar-refractivity contribution is 5.50. The van der Waals surface area contributed by atoms with Gasteiger partial charge in [0.2, 0.25) is 5.95 Å². The maximum absolute atomic E-state index is 8.85. The summed E-state index contributed by atoms with van der Waals surface area (Å²) in [5.41, 5.74) is 5.72. The number of nitrogens with two attached hydrogens (primary N) is 1. The van der Waals surface area contributed by atoms with E-state index in [4.69, 9.17) is 10.8 Å². The third kappa shape index (κ3) is 4.75. The molecule has 0 bridgehead atoms. The molecule has 5 N–H and O–H groups in total. The molecule has 1 aromatic rings. The van der Waals surface area contributed by atoms with Gasteiger partial charge in [-0.1, -0.05) is 13.8 Å². The Morgan fingerprint density at radius 3 is 2.61 bits per heavy atom. The molecule has 1 heterocycles. The van der Waals surface area contributed by atoms with E-state index < -0.39 is 0 Å². The number of nitrogens with one attached hydrogen (secondary N) is 2. The molecule has 0 aliphatic rings. The van der Waals surface area contributed by atoms with Crippen molar-refractivity contribution in [3.63, 3.8) is 0 Å². The molecule has 1 rings (SSSR count). The number of aromatic nitrogens is 2. The Labute approximate surface area is 108 Å². The van der Waals surface area contributed by atoms with Gasteiger partial charge in [-0.2, -0.15) is 9.97 Å². The summed E-state index contributed by atoms with van der Waals surface area (Å²) in [4.78, 5) is 8.16. The lowest BCUT2D eigenvalue weighted by molar-refractivity contribution is 0.248. The minimum Gasteiger partial charge on any atom is -0.396 e. The third-order valence-corrected chi connectivity index (χ3v) is 2.76. The molecule has 0 amide bonds. The van der Waals surface area contributed by atoms with E-state index in [2.05, 4.69) is 34.4 Å². The van der Waals surface area contributed by atoms with E-state index >= 15 is 0 Å². The molecule has 6 heteroatoms. The zero-order valence-corrected chi connectivity index (χ0v) is 11.3. The molecule has 0 atom stereocenters. The number of aliphatic hydroxyl groups excluding tert-OH is 1. The average Bonchev–Trinajstić information content (AvgIpc) is 2.33. The number of nitrogens with zero attached hydrogens (tertiary/aromatic N) is 2. The first-order valence-electron chi connectivity index (χ1n) is 6.14. The Balaban J connectivity index is 2.59. The van der Waals surface area contributed by atoms with Gasteiger partial charge in [-0.25, -0.2) is 0 Å². The van der Waals surface area contributed by atoms with Gasteiger partial charge in [0.05, 0.1) is 0 Å². The second-order valence-electron chi connectivity index (χ2n) is 5.09. The number of hydrogen-bond donors (Lipinski definition) is 4. The van der Waals surface area contributed by atoms with Crippen LogP contribution >= 0.6 is 0 Å². The van der Waals surface area contributed by atoms with Crippen LogP contribution in [0.15, 0.2) is 6.07 Å². The highest BCUT2D eigenvalue weighted by Gasteiger charge is 2.17. The van der Waals surface area contributed by atoms with Crippen molar-refractivity contribution in [2.45, 2.75) is 26.7 Å². The van der Waals surface area contributed by atoms with Gasteiger partial charge in [0.25, 0.3) is 0 Å². The highest BCUT2D eigenvalue weighted by atomic mass is 16.2. The first-order valence-corrected chi connectivity index (χ1v) is 6.14. The lowest BCUT2D eigenvalue weighted by atomic mass is 9.88. The fraction of sp³-hybridized carbons (Fsp3) is 0.667. The number of nitrogen functional groups attached to an aromatic ring is 1. The van der Waals surface area contributed by atoms with E-state index in [0.717, 1.165) is 19.4 Å². The number of aliphatic hydroxyl groups is 1. The summed E-state index contributed by atoms with van der Waals surface area (Å²) >= 11 is 0. The third-order valence-electron chi connectivity index (χ3n) is 2.76. The van der Waals surface area contributed by atoms with E-state index in [-0.39, 0.29) is 18.0 Å². The SMILES string of the molecule is CNc1cc(NCC(C)(C)CCCO)nc(N)n1. The van der Waals surface area contributed by atoms with Crippen LogP contribution in [-0.2, 0) is 0 Å². The smallest absolute Gasteiger partial charge is 0.223 e. The van der Waals surface area contributed by atoms with Crippen LogP contribution in [0.5, 0.6) is 0 Å². The van der Waals surface area contributed by atoms with Gasteiger partial charge in [-0.15, -0.1) is 0 Å². The Hall–Kier alpha value is -1.56. The Morgan fingerprint density at radius 2 is 2.00 bits per heavy atom.